The first-order valence-electron chi connectivity index (χ1n) is 3.66. The molecule has 6 heteroatoms. The number of nitro benzene ring substituents is 1. The average Bonchev–Trinajstić information content (AvgIpc) is 2.15. The fraction of sp³-hybridized carbons (Fsp3) is 0.125. The molecule has 14 heavy (non-hydrogen) atoms. The Morgan fingerprint density at radius 1 is 1.50 bits per heavy atom. The van der Waals surface area contributed by atoms with E-state index in [4.69, 9.17) is 11.6 Å². The molecule has 0 saturated carbocycles. The largest absolute Gasteiger partial charge is 0.449 e. The highest BCUT2D eigenvalue weighted by molar-refractivity contribution is 6.61. The second-order valence-corrected chi connectivity index (χ2v) is 2.72. The van der Waals surface area contributed by atoms with Crippen molar-refractivity contribution in [2.45, 2.75) is 6.61 Å². The van der Waals surface area contributed by atoms with Gasteiger partial charge in [-0.1, -0.05) is 12.1 Å². The highest BCUT2D eigenvalue weighted by atomic mass is 35.5. The molecular formula is C8H6ClNO4. The molecule has 0 heterocycles. The van der Waals surface area contributed by atoms with Crippen molar-refractivity contribution in [3.05, 3.63) is 39.9 Å². The van der Waals surface area contributed by atoms with Crippen molar-refractivity contribution in [2.24, 2.45) is 0 Å². The molecule has 0 aliphatic heterocycles. The zero-order valence-electron chi connectivity index (χ0n) is 6.97. The first-order chi connectivity index (χ1) is 6.61. The zero-order valence-corrected chi connectivity index (χ0v) is 7.73. The molecule has 0 spiro atoms. The Morgan fingerprint density at radius 3 is 2.71 bits per heavy atom. The summed E-state index contributed by atoms with van der Waals surface area (Å²) in [7, 11) is 0. The maximum atomic E-state index is 10.5. The normalized spacial score (nSPS) is 9.50. The molecule has 0 aromatic heterocycles. The number of carbonyl (C=O) groups is 1. The van der Waals surface area contributed by atoms with Crippen molar-refractivity contribution in [1.82, 2.24) is 0 Å². The molecule has 0 aliphatic rings. The van der Waals surface area contributed by atoms with Gasteiger partial charge in [0, 0.05) is 17.7 Å². The van der Waals surface area contributed by atoms with E-state index in [1.54, 1.807) is 6.07 Å². The molecule has 0 saturated heterocycles. The van der Waals surface area contributed by atoms with Crippen LogP contribution in [-0.2, 0) is 11.3 Å². The van der Waals surface area contributed by atoms with Crippen molar-refractivity contribution in [1.29, 1.82) is 0 Å². The van der Waals surface area contributed by atoms with Crippen LogP contribution in [-0.4, -0.2) is 10.4 Å². The van der Waals surface area contributed by atoms with Crippen molar-refractivity contribution < 1.29 is 14.5 Å². The van der Waals surface area contributed by atoms with E-state index in [0.29, 0.717) is 5.56 Å². The highest BCUT2D eigenvalue weighted by Crippen LogP contribution is 2.18. The van der Waals surface area contributed by atoms with Gasteiger partial charge in [0.25, 0.3) is 5.69 Å². The Labute approximate surface area is 84.4 Å². The lowest BCUT2D eigenvalue weighted by molar-refractivity contribution is -0.385. The predicted octanol–water partition coefficient (Wildman–Crippen LogP) is 2.47. The molecule has 1 aromatic carbocycles. The summed E-state index contributed by atoms with van der Waals surface area (Å²) >= 11 is 4.93. The number of nitro groups is 1. The highest BCUT2D eigenvalue weighted by Gasteiger charge is 2.12. The van der Waals surface area contributed by atoms with Gasteiger partial charge in [0.15, 0.2) is 0 Å². The Bertz CT molecular complexity index is 366. The van der Waals surface area contributed by atoms with E-state index in [9.17, 15) is 14.9 Å². The number of nitrogens with zero attached hydrogens (tertiary/aromatic N) is 1. The minimum Gasteiger partial charge on any atom is -0.449 e. The number of benzene rings is 1. The van der Waals surface area contributed by atoms with E-state index in [1.807, 2.05) is 0 Å². The van der Waals surface area contributed by atoms with Crippen LogP contribution in [0.1, 0.15) is 5.56 Å². The zero-order chi connectivity index (χ0) is 10.6. The van der Waals surface area contributed by atoms with Gasteiger partial charge in [0.1, 0.15) is 6.61 Å². The van der Waals surface area contributed by atoms with Crippen molar-refractivity contribution >= 4 is 22.7 Å². The second-order valence-electron chi connectivity index (χ2n) is 2.41. The number of para-hydroxylation sites is 1. The SMILES string of the molecule is O=C(Cl)OCc1ccccc1[N+](=O)[O-]. The minimum absolute atomic E-state index is 0.0922. The number of hydrogen-bond acceptors (Lipinski definition) is 4. The molecule has 0 amide bonds. The maximum Gasteiger partial charge on any atom is 0.404 e. The lowest BCUT2D eigenvalue weighted by atomic mass is 10.2. The summed E-state index contributed by atoms with van der Waals surface area (Å²) in [5, 5.41) is 10.5. The summed E-state index contributed by atoms with van der Waals surface area (Å²) in [5.74, 6) is 0. The van der Waals surface area contributed by atoms with Gasteiger partial charge in [-0.25, -0.2) is 4.79 Å². The summed E-state index contributed by atoms with van der Waals surface area (Å²) in [4.78, 5) is 20.2. The lowest BCUT2D eigenvalue weighted by Crippen LogP contribution is -1.99. The Kier molecular flexibility index (Phi) is 3.41. The van der Waals surface area contributed by atoms with Crippen molar-refractivity contribution in [2.75, 3.05) is 0 Å². The third-order valence-corrected chi connectivity index (χ3v) is 1.64. The Morgan fingerprint density at radius 2 is 2.14 bits per heavy atom. The molecule has 0 bridgehead atoms. The van der Waals surface area contributed by atoms with Crippen molar-refractivity contribution in [3.8, 4) is 0 Å². The summed E-state index contributed by atoms with van der Waals surface area (Å²) in [6, 6.07) is 5.98. The summed E-state index contributed by atoms with van der Waals surface area (Å²) < 4.78 is 4.44. The molecule has 0 N–H and O–H groups in total. The van der Waals surface area contributed by atoms with Crippen LogP contribution in [0.4, 0.5) is 10.5 Å². The first-order valence-corrected chi connectivity index (χ1v) is 4.03. The van der Waals surface area contributed by atoms with E-state index in [0.717, 1.165) is 0 Å². The van der Waals surface area contributed by atoms with Crippen LogP contribution < -0.4 is 0 Å². The molecular weight excluding hydrogens is 210 g/mol. The van der Waals surface area contributed by atoms with Crippen LogP contribution in [0.5, 0.6) is 0 Å². The van der Waals surface area contributed by atoms with E-state index < -0.39 is 10.4 Å². The molecule has 0 radical (unpaired) electrons. The van der Waals surface area contributed by atoms with Crippen molar-refractivity contribution in [3.63, 3.8) is 0 Å². The van der Waals surface area contributed by atoms with Crippen LogP contribution in [0, 0.1) is 10.1 Å². The topological polar surface area (TPSA) is 69.4 Å². The molecule has 0 fully saturated rings. The molecule has 1 aromatic rings. The number of halogens is 1. The average molecular weight is 216 g/mol. The van der Waals surface area contributed by atoms with Crippen LogP contribution >= 0.6 is 11.6 Å². The Hall–Kier alpha value is -1.62. The maximum absolute atomic E-state index is 10.5. The fourth-order valence-corrected chi connectivity index (χ4v) is 1.00. The number of carbonyl (C=O) groups excluding carboxylic acids is 1. The molecule has 5 nitrogen and oxygen atoms in total. The molecule has 0 unspecified atom stereocenters. The van der Waals surface area contributed by atoms with E-state index >= 15 is 0 Å². The summed E-state index contributed by atoms with van der Waals surface area (Å²) in [5.41, 5.74) is -0.764. The quantitative estimate of drug-likeness (QED) is 0.441. The lowest BCUT2D eigenvalue weighted by Gasteiger charge is -2.01. The molecule has 74 valence electrons. The van der Waals surface area contributed by atoms with Crippen LogP contribution in [0.2, 0.25) is 0 Å². The van der Waals surface area contributed by atoms with Gasteiger partial charge in [-0.2, -0.15) is 0 Å². The number of rotatable bonds is 3. The van der Waals surface area contributed by atoms with Gasteiger partial charge in [-0.05, 0) is 6.07 Å². The standard InChI is InChI=1S/C8H6ClNO4/c9-8(11)14-5-6-3-1-2-4-7(6)10(12)13/h1-4H,5H2. The van der Waals surface area contributed by atoms with Crippen LogP contribution in [0.3, 0.4) is 0 Å². The van der Waals surface area contributed by atoms with Gasteiger partial charge in [0.05, 0.1) is 10.5 Å². The molecule has 0 aliphatic carbocycles. The third-order valence-electron chi connectivity index (χ3n) is 1.53. The van der Waals surface area contributed by atoms with Gasteiger partial charge >= 0.3 is 5.43 Å². The predicted molar refractivity (Wildman–Crippen MR) is 49.1 cm³/mol. The molecule has 1 rings (SSSR count). The Balaban J connectivity index is 2.84. The van der Waals surface area contributed by atoms with Gasteiger partial charge < -0.3 is 4.74 Å². The minimum atomic E-state index is -0.983. The van der Waals surface area contributed by atoms with Gasteiger partial charge in [0.2, 0.25) is 0 Å². The second kappa shape index (κ2) is 4.57. The first kappa shape index (κ1) is 10.5. The summed E-state index contributed by atoms with van der Waals surface area (Å²) in [6.07, 6.45) is 0. The fourth-order valence-electron chi connectivity index (χ4n) is 0.945. The van der Waals surface area contributed by atoms with Gasteiger partial charge in [-0.15, -0.1) is 0 Å². The number of ether oxygens (including phenoxy) is 1. The van der Waals surface area contributed by atoms with E-state index in [2.05, 4.69) is 4.74 Å². The monoisotopic (exact) mass is 215 g/mol. The summed E-state index contributed by atoms with van der Waals surface area (Å²) in [6.45, 7) is -0.195. The molecule has 0 atom stereocenters. The van der Waals surface area contributed by atoms with E-state index in [-0.39, 0.29) is 12.3 Å². The van der Waals surface area contributed by atoms with E-state index in [1.165, 1.54) is 18.2 Å². The number of hydrogen-bond donors (Lipinski definition) is 0. The van der Waals surface area contributed by atoms with Gasteiger partial charge in [-0.3, -0.25) is 10.1 Å². The smallest absolute Gasteiger partial charge is 0.404 e. The van der Waals surface area contributed by atoms with Crippen LogP contribution in [0.15, 0.2) is 24.3 Å². The third kappa shape index (κ3) is 2.70. The van der Waals surface area contributed by atoms with Crippen LogP contribution in [0.25, 0.3) is 0 Å².